The third-order valence-electron chi connectivity index (χ3n) is 18.8. The summed E-state index contributed by atoms with van der Waals surface area (Å²) in [6.45, 7) is 22.9. The molecular formula is C60H108O10Si2. The second-order valence-electron chi connectivity index (χ2n) is 25.2. The molecule has 0 amide bonds. The molecule has 12 heteroatoms. The molecule has 5 aliphatic rings. The second kappa shape index (κ2) is 28.2. The van der Waals surface area contributed by atoms with Gasteiger partial charge >= 0.3 is 12.1 Å². The number of esters is 1. The number of carbonyl (C=O) groups excluding carboxylic acids is 3. The zero-order valence-electron chi connectivity index (χ0n) is 48.1. The minimum Gasteiger partial charge on any atom is -0.450 e. The van der Waals surface area contributed by atoms with Crippen LogP contribution >= 0.6 is 0 Å². The molecule has 9 atom stereocenters. The highest BCUT2D eigenvalue weighted by molar-refractivity contribution is 6.73. The fraction of sp³-hybridized carbons (Fsp3) is 0.917. The van der Waals surface area contributed by atoms with Crippen LogP contribution < -0.4 is 0 Å². The first-order valence-electron chi connectivity index (χ1n) is 30.3. The minimum atomic E-state index is -2.37. The van der Waals surface area contributed by atoms with Gasteiger partial charge in [-0.2, -0.15) is 0 Å². The monoisotopic (exact) mass is 1040 g/mol. The summed E-state index contributed by atoms with van der Waals surface area (Å²) in [5, 5.41) is 12.8. The lowest BCUT2D eigenvalue weighted by atomic mass is 9.45. The van der Waals surface area contributed by atoms with Gasteiger partial charge in [0, 0.05) is 30.6 Å². The summed E-state index contributed by atoms with van der Waals surface area (Å²) in [6.07, 6.45) is 31.7. The van der Waals surface area contributed by atoms with Gasteiger partial charge in [0.05, 0.1) is 30.3 Å². The van der Waals surface area contributed by atoms with Crippen LogP contribution in [0.3, 0.4) is 0 Å². The zero-order valence-corrected chi connectivity index (χ0v) is 50.1. The van der Waals surface area contributed by atoms with Gasteiger partial charge in [-0.05, 0) is 69.2 Å². The van der Waals surface area contributed by atoms with E-state index in [-0.39, 0.29) is 25.2 Å². The van der Waals surface area contributed by atoms with Crippen molar-refractivity contribution in [3.63, 3.8) is 0 Å². The van der Waals surface area contributed by atoms with Crippen molar-refractivity contribution < 1.29 is 47.3 Å². The number of unbranched alkanes of at least 4 members (excludes halogenated alkanes) is 26. The third-order valence-corrected chi connectivity index (χ3v) is 24.5. The molecule has 0 aromatic carbocycles. The van der Waals surface area contributed by atoms with E-state index in [9.17, 15) is 14.7 Å². The second-order valence-corrected chi connectivity index (χ2v) is 34.4. The Morgan fingerprint density at radius 2 is 1.11 bits per heavy atom. The van der Waals surface area contributed by atoms with Gasteiger partial charge in [-0.25, -0.2) is 4.79 Å². The average Bonchev–Trinajstić information content (AvgIpc) is 3.66. The molecule has 0 aromatic heterocycles. The third kappa shape index (κ3) is 14.7. The predicted octanol–water partition coefficient (Wildman–Crippen LogP) is 16.2. The molecule has 10 nitrogen and oxygen atoms in total. The van der Waals surface area contributed by atoms with Crippen molar-refractivity contribution in [2.24, 2.45) is 16.7 Å². The van der Waals surface area contributed by atoms with Gasteiger partial charge in [-0.3, -0.25) is 9.59 Å². The quantitative estimate of drug-likeness (QED) is 0.0280. The van der Waals surface area contributed by atoms with Crippen molar-refractivity contribution in [1.82, 2.24) is 0 Å². The van der Waals surface area contributed by atoms with Crippen molar-refractivity contribution in [2.45, 2.75) is 328 Å². The molecule has 5 rings (SSSR count). The molecule has 0 unspecified atom stereocenters. The van der Waals surface area contributed by atoms with Crippen LogP contribution in [-0.4, -0.2) is 88.0 Å². The highest BCUT2D eigenvalue weighted by Crippen LogP contribution is 2.66. The van der Waals surface area contributed by atoms with E-state index < -0.39 is 87.2 Å². The summed E-state index contributed by atoms with van der Waals surface area (Å²) in [5.41, 5.74) is -3.89. The molecule has 72 heavy (non-hydrogen) atoms. The topological polar surface area (TPSA) is 127 Å². The maximum absolute atomic E-state index is 16.1. The fourth-order valence-electron chi connectivity index (χ4n) is 14.0. The van der Waals surface area contributed by atoms with Crippen molar-refractivity contribution in [2.75, 3.05) is 6.61 Å². The van der Waals surface area contributed by atoms with Crippen LogP contribution in [0.5, 0.6) is 0 Å². The van der Waals surface area contributed by atoms with Crippen LogP contribution in [0.2, 0.25) is 37.8 Å². The van der Waals surface area contributed by atoms with Crippen molar-refractivity contribution in [3.05, 3.63) is 11.1 Å². The molecule has 0 radical (unpaired) electrons. The number of rotatable bonds is 36. The minimum absolute atomic E-state index is 0.0129. The summed E-state index contributed by atoms with van der Waals surface area (Å²) < 4.78 is 39.8. The van der Waals surface area contributed by atoms with Crippen molar-refractivity contribution in [3.8, 4) is 0 Å². The normalized spacial score (nSPS) is 29.9. The Labute approximate surface area is 442 Å². The van der Waals surface area contributed by atoms with E-state index >= 15 is 4.79 Å². The van der Waals surface area contributed by atoms with Crippen LogP contribution in [0, 0.1) is 16.7 Å². The number of hydrogen-bond donors (Lipinski definition) is 1. The van der Waals surface area contributed by atoms with Crippen molar-refractivity contribution in [1.29, 1.82) is 0 Å². The van der Waals surface area contributed by atoms with E-state index in [1.807, 2.05) is 27.7 Å². The Morgan fingerprint density at radius 3 is 1.51 bits per heavy atom. The van der Waals surface area contributed by atoms with Gasteiger partial charge in [0.15, 0.2) is 40.2 Å². The zero-order chi connectivity index (χ0) is 52.6. The van der Waals surface area contributed by atoms with E-state index in [1.54, 1.807) is 0 Å². The first-order chi connectivity index (χ1) is 34.3. The molecule has 2 heterocycles. The number of ketones is 1. The van der Waals surface area contributed by atoms with Crippen LogP contribution in [0.25, 0.3) is 0 Å². The van der Waals surface area contributed by atoms with E-state index in [0.29, 0.717) is 18.4 Å². The number of aliphatic hydroxyl groups is 1. The lowest BCUT2D eigenvalue weighted by Crippen LogP contribution is -2.81. The van der Waals surface area contributed by atoms with Crippen LogP contribution in [-0.2, 0) is 37.4 Å². The van der Waals surface area contributed by atoms with E-state index in [2.05, 4.69) is 47.3 Å². The van der Waals surface area contributed by atoms with Crippen LogP contribution in [0.15, 0.2) is 11.1 Å². The maximum Gasteiger partial charge on any atom is 0.509 e. The lowest BCUT2D eigenvalue weighted by Gasteiger charge is -2.66. The average molecular weight is 1050 g/mol. The highest BCUT2D eigenvalue weighted by Gasteiger charge is 2.80. The number of Topliss-reactive ketones (excluding diaryl/α,β-unsaturated/α-hetero) is 1. The summed E-state index contributed by atoms with van der Waals surface area (Å²) in [7, 11) is -4.59. The number of fused-ring (bicyclic) bond motifs is 5. The van der Waals surface area contributed by atoms with Gasteiger partial charge in [0.25, 0.3) is 0 Å². The SMILES string of the molecule is CCCCCCCCCCCCCCCCCCCCCCCCCCCCCC(=O)O[C@H]1C(=O)[C@]2(C)[C@@H](O[Si](CC)(CC)CC)C[C@H]3OC[C@@]3(O)[C@H]2[C@@H]2OC(=O)O[C@]23C[C@H](O[Si](C)(C)C)C(C)=C1C3(C)C. The van der Waals surface area contributed by atoms with Crippen LogP contribution in [0.4, 0.5) is 4.79 Å². The summed E-state index contributed by atoms with van der Waals surface area (Å²) in [5.74, 6) is -1.69. The Kier molecular flexibility index (Phi) is 24.0. The molecule has 1 N–H and O–H groups in total. The standard InChI is InChI=1S/C60H108O10Si2/c1-12-16-17-18-19-20-21-22-23-24-25-26-27-28-29-30-31-32-33-34-35-36-37-38-39-40-41-42-50(61)66-52-51-46(5)47(69-71(9,10)11)44-60(57(51,6)7)55(67-56(63)68-60)53-58(8,54(52)62)48(43-49-59(53,64)45-65-49)70-72(13-2,14-3)15-4/h47-49,52-53,55,64H,12-45H2,1-11H3/t47-,48-,49+,52+,53-,55-,58+,59-,60+/m0/s1. The van der Waals surface area contributed by atoms with Gasteiger partial charge in [0.2, 0.25) is 0 Å². The first kappa shape index (κ1) is 61.3. The van der Waals surface area contributed by atoms with Crippen LogP contribution in [0.1, 0.15) is 248 Å². The summed E-state index contributed by atoms with van der Waals surface area (Å²) in [4.78, 5) is 44.1. The Bertz CT molecular complexity index is 1710. The molecule has 0 aromatic rings. The molecular weight excluding hydrogens is 937 g/mol. The van der Waals surface area contributed by atoms with E-state index in [1.165, 1.54) is 148 Å². The largest absolute Gasteiger partial charge is 0.509 e. The molecule has 3 aliphatic carbocycles. The summed E-state index contributed by atoms with van der Waals surface area (Å²) >= 11 is 0. The van der Waals surface area contributed by atoms with E-state index in [4.69, 9.17) is 27.8 Å². The Hall–Kier alpha value is -1.58. The fourth-order valence-corrected chi connectivity index (χ4v) is 18.1. The van der Waals surface area contributed by atoms with Crippen molar-refractivity contribution >= 4 is 34.5 Å². The first-order valence-corrected chi connectivity index (χ1v) is 36.3. The predicted molar refractivity (Wildman–Crippen MR) is 296 cm³/mol. The van der Waals surface area contributed by atoms with Gasteiger partial charge in [0.1, 0.15) is 5.60 Å². The number of carbonyl (C=O) groups is 3. The molecule has 2 saturated heterocycles. The molecule has 2 aliphatic heterocycles. The molecule has 4 fully saturated rings. The molecule has 1 spiro atoms. The van der Waals surface area contributed by atoms with Gasteiger partial charge < -0.3 is 32.9 Å². The summed E-state index contributed by atoms with van der Waals surface area (Å²) in [6, 6.07) is 2.58. The van der Waals surface area contributed by atoms with Gasteiger partial charge in [-0.15, -0.1) is 0 Å². The maximum atomic E-state index is 16.1. The van der Waals surface area contributed by atoms with E-state index in [0.717, 1.165) is 43.0 Å². The number of ether oxygens (including phenoxy) is 4. The molecule has 416 valence electrons. The smallest absolute Gasteiger partial charge is 0.450 e. The molecule has 2 saturated carbocycles. The highest BCUT2D eigenvalue weighted by atomic mass is 28.4. The lowest BCUT2D eigenvalue weighted by molar-refractivity contribution is -0.332. The Morgan fingerprint density at radius 1 is 0.667 bits per heavy atom. The number of hydrogen-bond acceptors (Lipinski definition) is 10. The van der Waals surface area contributed by atoms with Gasteiger partial charge in [-0.1, -0.05) is 208 Å². The Balaban J connectivity index is 1.10. The molecule has 2 bridgehead atoms.